The summed E-state index contributed by atoms with van der Waals surface area (Å²) in [6.07, 6.45) is 0.460. The molecule has 1 fully saturated rings. The maximum Gasteiger partial charge on any atom is 0.272 e. The molecule has 2 N–H and O–H groups in total. The largest absolute Gasteiger partial charge is 0.497 e. The zero-order valence-corrected chi connectivity index (χ0v) is 16.1. The van der Waals surface area contributed by atoms with Crippen LogP contribution in [0.4, 0.5) is 0 Å². The predicted molar refractivity (Wildman–Crippen MR) is 101 cm³/mol. The monoisotopic (exact) mass is 393 g/mol. The smallest absolute Gasteiger partial charge is 0.272 e. The highest BCUT2D eigenvalue weighted by Gasteiger charge is 2.32. The van der Waals surface area contributed by atoms with E-state index in [4.69, 9.17) is 9.84 Å². The lowest BCUT2D eigenvalue weighted by atomic mass is 10.1. The van der Waals surface area contributed by atoms with Crippen molar-refractivity contribution >= 4 is 15.7 Å². The highest BCUT2D eigenvalue weighted by Crippen LogP contribution is 2.31. The number of carbonyl (C=O) groups excluding carboxylic acids is 1. The number of hydrogen-bond acceptors (Lipinski definition) is 6. The van der Waals surface area contributed by atoms with Gasteiger partial charge in [0.25, 0.3) is 5.91 Å². The van der Waals surface area contributed by atoms with Gasteiger partial charge in [-0.25, -0.2) is 8.42 Å². The van der Waals surface area contributed by atoms with E-state index < -0.39 is 21.8 Å². The average molecular weight is 393 g/mol. The van der Waals surface area contributed by atoms with Gasteiger partial charge in [-0.3, -0.25) is 9.48 Å². The summed E-state index contributed by atoms with van der Waals surface area (Å²) in [4.78, 5) is 12.4. The molecule has 0 radical (unpaired) electrons. The number of nitrogens with zero attached hydrogens (tertiary/aromatic N) is 2. The highest BCUT2D eigenvalue weighted by atomic mass is 32.2. The third-order valence-electron chi connectivity index (χ3n) is 4.56. The van der Waals surface area contributed by atoms with Crippen LogP contribution < -0.4 is 10.1 Å². The Morgan fingerprint density at radius 1 is 1.41 bits per heavy atom. The summed E-state index contributed by atoms with van der Waals surface area (Å²) in [5.41, 5.74) is 1.66. The molecule has 146 valence electrons. The van der Waals surface area contributed by atoms with Crippen LogP contribution in [-0.4, -0.2) is 60.5 Å². The van der Waals surface area contributed by atoms with Gasteiger partial charge in [-0.15, -0.1) is 0 Å². The van der Waals surface area contributed by atoms with Gasteiger partial charge in [-0.1, -0.05) is 0 Å². The summed E-state index contributed by atoms with van der Waals surface area (Å²) in [7, 11) is -1.52. The number of methoxy groups -OCH3 is 1. The summed E-state index contributed by atoms with van der Waals surface area (Å²) in [6.45, 7) is 1.50. The Bertz CT molecular complexity index is 921. The van der Waals surface area contributed by atoms with Crippen molar-refractivity contribution in [3.63, 3.8) is 0 Å². The minimum Gasteiger partial charge on any atom is -0.497 e. The van der Waals surface area contributed by atoms with Gasteiger partial charge in [0.2, 0.25) is 0 Å². The average Bonchev–Trinajstić information content (AvgIpc) is 3.25. The molecule has 2 aromatic rings. The summed E-state index contributed by atoms with van der Waals surface area (Å²) < 4.78 is 30.6. The third kappa shape index (κ3) is 4.30. The number of nitrogens with one attached hydrogen (secondary N) is 1. The Morgan fingerprint density at radius 2 is 2.11 bits per heavy atom. The normalized spacial score (nSPS) is 19.6. The summed E-state index contributed by atoms with van der Waals surface area (Å²) in [5, 5.41) is 16.2. The highest BCUT2D eigenvalue weighted by molar-refractivity contribution is 7.91. The Labute approximate surface area is 158 Å². The zero-order chi connectivity index (χ0) is 19.6. The molecule has 27 heavy (non-hydrogen) atoms. The van der Waals surface area contributed by atoms with Crippen molar-refractivity contribution in [2.75, 3.05) is 25.2 Å². The fourth-order valence-electron chi connectivity index (χ4n) is 3.07. The number of carbonyl (C=O) groups is 1. The van der Waals surface area contributed by atoms with Crippen LogP contribution in [-0.2, 0) is 9.84 Å². The standard InChI is InChI=1S/C18H23N3O5S/c1-12(10-22)19-18(23)16-9-17(13-3-5-15(26-2)6-4-13)21(20-16)14-7-8-27(24,25)11-14/h3-6,9,12,14,22H,7-8,10-11H2,1-2H3,(H,19,23)/t12-,14-/m0/s1. The van der Waals surface area contributed by atoms with Crippen molar-refractivity contribution in [2.24, 2.45) is 0 Å². The summed E-state index contributed by atoms with van der Waals surface area (Å²) in [5.74, 6) is 0.406. The second kappa shape index (κ2) is 7.69. The molecule has 3 rings (SSSR count). The first-order valence-electron chi connectivity index (χ1n) is 8.69. The Morgan fingerprint density at radius 3 is 2.67 bits per heavy atom. The number of sulfone groups is 1. The van der Waals surface area contributed by atoms with Crippen LogP contribution in [0.15, 0.2) is 30.3 Å². The van der Waals surface area contributed by atoms with Crippen molar-refractivity contribution in [3.8, 4) is 17.0 Å². The van der Waals surface area contributed by atoms with Crippen LogP contribution in [0.25, 0.3) is 11.3 Å². The van der Waals surface area contributed by atoms with E-state index in [0.717, 1.165) is 5.56 Å². The Kier molecular flexibility index (Phi) is 5.52. The molecule has 1 aromatic heterocycles. The molecule has 1 aliphatic heterocycles. The number of rotatable bonds is 6. The maximum absolute atomic E-state index is 12.4. The zero-order valence-electron chi connectivity index (χ0n) is 15.3. The molecule has 0 saturated carbocycles. The molecule has 1 saturated heterocycles. The van der Waals surface area contributed by atoms with Crippen molar-refractivity contribution in [1.29, 1.82) is 0 Å². The van der Waals surface area contributed by atoms with Gasteiger partial charge in [0.05, 0.1) is 37.0 Å². The van der Waals surface area contributed by atoms with Gasteiger partial charge in [0.15, 0.2) is 15.5 Å². The SMILES string of the molecule is COc1ccc(-c2cc(C(=O)N[C@@H](C)CO)nn2[C@H]2CCS(=O)(=O)C2)cc1. The fourth-order valence-corrected chi connectivity index (χ4v) is 4.76. The first-order chi connectivity index (χ1) is 12.8. The second-order valence-corrected chi connectivity index (χ2v) is 8.93. The Balaban J connectivity index is 1.99. The number of benzene rings is 1. The van der Waals surface area contributed by atoms with Crippen LogP contribution in [0.2, 0.25) is 0 Å². The molecule has 0 spiro atoms. The van der Waals surface area contributed by atoms with Gasteiger partial charge < -0.3 is 15.2 Å². The van der Waals surface area contributed by atoms with E-state index in [1.165, 1.54) is 0 Å². The van der Waals surface area contributed by atoms with E-state index in [2.05, 4.69) is 10.4 Å². The third-order valence-corrected chi connectivity index (χ3v) is 6.31. The van der Waals surface area contributed by atoms with E-state index in [9.17, 15) is 13.2 Å². The number of aliphatic hydroxyl groups is 1. The van der Waals surface area contributed by atoms with Gasteiger partial charge in [0, 0.05) is 11.6 Å². The molecule has 0 aliphatic carbocycles. The van der Waals surface area contributed by atoms with Crippen LogP contribution >= 0.6 is 0 Å². The van der Waals surface area contributed by atoms with Crippen molar-refractivity contribution in [1.82, 2.24) is 15.1 Å². The first-order valence-corrected chi connectivity index (χ1v) is 10.5. The fraction of sp³-hybridized carbons (Fsp3) is 0.444. The minimum absolute atomic E-state index is 0.00589. The van der Waals surface area contributed by atoms with Gasteiger partial charge >= 0.3 is 0 Å². The van der Waals surface area contributed by atoms with Crippen molar-refractivity contribution in [2.45, 2.75) is 25.4 Å². The van der Waals surface area contributed by atoms with Gasteiger partial charge in [-0.05, 0) is 43.7 Å². The molecule has 9 heteroatoms. The molecule has 2 heterocycles. The van der Waals surface area contributed by atoms with E-state index in [1.807, 2.05) is 12.1 Å². The number of aliphatic hydroxyl groups excluding tert-OH is 1. The van der Waals surface area contributed by atoms with Crippen molar-refractivity contribution in [3.05, 3.63) is 36.0 Å². The van der Waals surface area contributed by atoms with Crippen LogP contribution in [0.5, 0.6) is 5.75 Å². The summed E-state index contributed by atoms with van der Waals surface area (Å²) >= 11 is 0. The lowest BCUT2D eigenvalue weighted by molar-refractivity contribution is 0.0916. The molecule has 1 aliphatic rings. The number of amides is 1. The molecule has 2 atom stereocenters. The molecule has 0 bridgehead atoms. The molecule has 8 nitrogen and oxygen atoms in total. The number of ether oxygens (including phenoxy) is 1. The quantitative estimate of drug-likeness (QED) is 0.758. The molecule has 0 unspecified atom stereocenters. The van der Waals surface area contributed by atoms with Crippen LogP contribution in [0.3, 0.4) is 0 Å². The lowest BCUT2D eigenvalue weighted by Gasteiger charge is -2.13. The molecular weight excluding hydrogens is 370 g/mol. The topological polar surface area (TPSA) is 111 Å². The van der Waals surface area contributed by atoms with Crippen LogP contribution in [0.1, 0.15) is 29.9 Å². The Hall–Kier alpha value is -2.39. The number of hydrogen-bond donors (Lipinski definition) is 2. The number of aromatic nitrogens is 2. The van der Waals surface area contributed by atoms with Gasteiger partial charge in [0.1, 0.15) is 5.75 Å². The molecular formula is C18H23N3O5S. The van der Waals surface area contributed by atoms with E-state index in [-0.39, 0.29) is 29.8 Å². The first kappa shape index (κ1) is 19.4. The second-order valence-electron chi connectivity index (χ2n) is 6.70. The van der Waals surface area contributed by atoms with Crippen molar-refractivity contribution < 1.29 is 23.1 Å². The predicted octanol–water partition coefficient (Wildman–Crippen LogP) is 1.03. The van der Waals surface area contributed by atoms with Crippen LogP contribution in [0, 0.1) is 0 Å². The summed E-state index contributed by atoms with van der Waals surface area (Å²) in [6, 6.07) is 8.20. The molecule has 1 amide bonds. The lowest BCUT2D eigenvalue weighted by Crippen LogP contribution is -2.35. The van der Waals surface area contributed by atoms with E-state index in [0.29, 0.717) is 17.9 Å². The van der Waals surface area contributed by atoms with E-state index >= 15 is 0 Å². The molecule has 1 aromatic carbocycles. The van der Waals surface area contributed by atoms with E-state index in [1.54, 1.807) is 36.9 Å². The minimum atomic E-state index is -3.10. The maximum atomic E-state index is 12.4. The van der Waals surface area contributed by atoms with Gasteiger partial charge in [-0.2, -0.15) is 5.10 Å².